The Kier molecular flexibility index (Phi) is 3.27. The summed E-state index contributed by atoms with van der Waals surface area (Å²) < 4.78 is 0. The molecule has 12 heavy (non-hydrogen) atoms. The number of nitrogens with zero attached hydrogens (tertiary/aromatic N) is 1. The Labute approximate surface area is 73.4 Å². The molecule has 0 aliphatic heterocycles. The number of hydrogen-bond acceptors (Lipinski definition) is 1. The van der Waals surface area contributed by atoms with Gasteiger partial charge in [0, 0.05) is 12.4 Å². The van der Waals surface area contributed by atoms with E-state index in [9.17, 15) is 0 Å². The minimum atomic E-state index is 1.16. The van der Waals surface area contributed by atoms with Crippen molar-refractivity contribution in [3.05, 3.63) is 53.9 Å². The highest BCUT2D eigenvalue weighted by Crippen LogP contribution is 1.91. The second-order valence-electron chi connectivity index (χ2n) is 2.80. The molecule has 0 amide bonds. The van der Waals surface area contributed by atoms with Gasteiger partial charge in [0.2, 0.25) is 0 Å². The average Bonchev–Trinajstić information content (AvgIpc) is 2.06. The van der Waals surface area contributed by atoms with Crippen LogP contribution < -0.4 is 0 Å². The molecule has 0 aromatic carbocycles. The summed E-state index contributed by atoms with van der Waals surface area (Å²) in [6.07, 6.45) is 3.65. The SMILES string of the molecule is Cc1ccccc(C)cncc1. The van der Waals surface area contributed by atoms with Gasteiger partial charge in [-0.05, 0) is 31.0 Å². The van der Waals surface area contributed by atoms with Gasteiger partial charge in [0.15, 0.2) is 0 Å². The van der Waals surface area contributed by atoms with Crippen molar-refractivity contribution in [2.24, 2.45) is 0 Å². The summed E-state index contributed by atoms with van der Waals surface area (Å²) in [4.78, 5) is 4.12. The number of aromatic nitrogens is 1. The molecule has 0 fully saturated rings. The Morgan fingerprint density at radius 3 is 2.33 bits per heavy atom. The first-order valence-electron chi connectivity index (χ1n) is 4.00. The van der Waals surface area contributed by atoms with Gasteiger partial charge in [-0.25, -0.2) is 0 Å². The lowest BCUT2D eigenvalue weighted by Crippen LogP contribution is -1.68. The van der Waals surface area contributed by atoms with Crippen LogP contribution in [0.25, 0.3) is 0 Å². The van der Waals surface area contributed by atoms with Gasteiger partial charge in [0.25, 0.3) is 0 Å². The lowest BCUT2D eigenvalue weighted by molar-refractivity contribution is 1.29. The average molecular weight is 159 g/mol. The molecule has 0 bridgehead atoms. The summed E-state index contributed by atoms with van der Waals surface area (Å²) in [5.41, 5.74) is 2.36. The predicted octanol–water partition coefficient (Wildman–Crippen LogP) is 2.82. The van der Waals surface area contributed by atoms with Crippen LogP contribution in [0, 0.1) is 13.8 Å². The van der Waals surface area contributed by atoms with Crippen LogP contribution in [0.2, 0.25) is 0 Å². The molecule has 0 saturated heterocycles. The monoisotopic (exact) mass is 159 g/mol. The summed E-state index contributed by atoms with van der Waals surface area (Å²) in [5, 5.41) is 0. The fourth-order valence-electron chi connectivity index (χ4n) is 0.834. The van der Waals surface area contributed by atoms with E-state index >= 15 is 0 Å². The first-order chi connectivity index (χ1) is 5.79. The Morgan fingerprint density at radius 2 is 1.58 bits per heavy atom. The van der Waals surface area contributed by atoms with E-state index in [2.05, 4.69) is 18.0 Å². The Bertz CT molecular complexity index is 244. The van der Waals surface area contributed by atoms with Gasteiger partial charge in [-0.15, -0.1) is 0 Å². The third-order valence-corrected chi connectivity index (χ3v) is 1.53. The molecule has 1 heteroatoms. The quantitative estimate of drug-likeness (QED) is 0.567. The van der Waals surface area contributed by atoms with Gasteiger partial charge in [-0.2, -0.15) is 0 Å². The normalized spacial score (nSPS) is 8.83. The van der Waals surface area contributed by atoms with Gasteiger partial charge in [0.1, 0.15) is 0 Å². The molecular formula is C11H13N. The van der Waals surface area contributed by atoms with Crippen LogP contribution in [0.1, 0.15) is 11.1 Å². The predicted molar refractivity (Wildman–Crippen MR) is 51.3 cm³/mol. The van der Waals surface area contributed by atoms with Gasteiger partial charge in [-0.3, -0.25) is 4.98 Å². The first kappa shape index (κ1) is 8.72. The Balaban J connectivity index is 3.18. The molecule has 0 atom stereocenters. The molecule has 0 unspecified atom stereocenters. The van der Waals surface area contributed by atoms with E-state index in [4.69, 9.17) is 0 Å². The van der Waals surface area contributed by atoms with Gasteiger partial charge in [-0.1, -0.05) is 24.3 Å². The van der Waals surface area contributed by atoms with E-state index in [0.717, 1.165) is 5.56 Å². The van der Waals surface area contributed by atoms with E-state index in [1.165, 1.54) is 5.56 Å². The summed E-state index contributed by atoms with van der Waals surface area (Å²) in [6, 6.07) is 10.1. The van der Waals surface area contributed by atoms with Gasteiger partial charge < -0.3 is 0 Å². The van der Waals surface area contributed by atoms with Crippen LogP contribution >= 0.6 is 0 Å². The van der Waals surface area contributed by atoms with E-state index in [1.807, 2.05) is 43.6 Å². The van der Waals surface area contributed by atoms with E-state index in [0.29, 0.717) is 0 Å². The minimum Gasteiger partial charge on any atom is -0.264 e. The summed E-state index contributed by atoms with van der Waals surface area (Å²) in [7, 11) is 0. The van der Waals surface area contributed by atoms with E-state index in [-0.39, 0.29) is 0 Å². The molecule has 1 rings (SSSR count). The van der Waals surface area contributed by atoms with Crippen molar-refractivity contribution >= 4 is 0 Å². The fraction of sp³-hybridized carbons (Fsp3) is 0.182. The van der Waals surface area contributed by atoms with Crippen molar-refractivity contribution in [3.8, 4) is 0 Å². The molecule has 0 saturated carbocycles. The summed E-state index contributed by atoms with van der Waals surface area (Å²) >= 11 is 0. The highest BCUT2D eigenvalue weighted by molar-refractivity contribution is 5.09. The van der Waals surface area contributed by atoms with E-state index < -0.39 is 0 Å². The molecule has 62 valence electrons. The van der Waals surface area contributed by atoms with Crippen LogP contribution in [-0.4, -0.2) is 4.98 Å². The van der Waals surface area contributed by atoms with Crippen molar-refractivity contribution in [1.29, 1.82) is 0 Å². The molecule has 0 aliphatic rings. The molecule has 0 spiro atoms. The largest absolute Gasteiger partial charge is 0.264 e. The molecule has 1 heterocycles. The summed E-state index contributed by atoms with van der Waals surface area (Å²) in [5.74, 6) is 0. The van der Waals surface area contributed by atoms with E-state index in [1.54, 1.807) is 0 Å². The number of rotatable bonds is 0. The Hall–Kier alpha value is -1.37. The zero-order valence-electron chi connectivity index (χ0n) is 7.49. The molecular weight excluding hydrogens is 146 g/mol. The van der Waals surface area contributed by atoms with Crippen LogP contribution in [0.4, 0.5) is 0 Å². The highest BCUT2D eigenvalue weighted by Gasteiger charge is 1.74. The minimum absolute atomic E-state index is 1.16. The van der Waals surface area contributed by atoms with Crippen molar-refractivity contribution in [2.45, 2.75) is 13.8 Å². The summed E-state index contributed by atoms with van der Waals surface area (Å²) in [6.45, 7) is 4.08. The number of aryl methyl sites for hydroxylation is 2. The Morgan fingerprint density at radius 1 is 0.917 bits per heavy atom. The van der Waals surface area contributed by atoms with Crippen molar-refractivity contribution in [2.75, 3.05) is 0 Å². The van der Waals surface area contributed by atoms with Crippen molar-refractivity contribution in [1.82, 2.24) is 4.98 Å². The molecule has 0 aliphatic carbocycles. The molecule has 1 aromatic rings. The van der Waals surface area contributed by atoms with Gasteiger partial charge >= 0.3 is 0 Å². The third-order valence-electron chi connectivity index (χ3n) is 1.53. The third kappa shape index (κ3) is 3.15. The molecule has 1 nitrogen and oxygen atoms in total. The van der Waals surface area contributed by atoms with Crippen molar-refractivity contribution < 1.29 is 0 Å². The van der Waals surface area contributed by atoms with Gasteiger partial charge in [0.05, 0.1) is 0 Å². The van der Waals surface area contributed by atoms with Crippen molar-refractivity contribution in [3.63, 3.8) is 0 Å². The first-order valence-corrected chi connectivity index (χ1v) is 4.00. The lowest BCUT2D eigenvalue weighted by Gasteiger charge is -1.83. The second kappa shape index (κ2) is 4.50. The maximum atomic E-state index is 4.12. The maximum absolute atomic E-state index is 4.12. The molecule has 0 radical (unpaired) electrons. The van der Waals surface area contributed by atoms with Crippen LogP contribution in [-0.2, 0) is 0 Å². The highest BCUT2D eigenvalue weighted by atomic mass is 14.6. The zero-order valence-corrected chi connectivity index (χ0v) is 7.49. The van der Waals surface area contributed by atoms with Crippen LogP contribution in [0.3, 0.4) is 0 Å². The zero-order chi connectivity index (χ0) is 8.81. The topological polar surface area (TPSA) is 12.9 Å². The second-order valence-corrected chi connectivity index (χ2v) is 2.80. The van der Waals surface area contributed by atoms with Crippen LogP contribution in [0.15, 0.2) is 42.7 Å². The maximum Gasteiger partial charge on any atom is 0.0297 e. The molecule has 0 N–H and O–H groups in total. The fourth-order valence-corrected chi connectivity index (χ4v) is 0.834. The lowest BCUT2D eigenvalue weighted by atomic mass is 10.3. The number of hydrogen-bond donors (Lipinski definition) is 0. The standard InChI is InChI=1S/C11H13N/c1-10-5-3-4-6-11(2)9-12-8-7-10/h3-9H,1-2H3. The van der Waals surface area contributed by atoms with Crippen LogP contribution in [0.5, 0.6) is 0 Å². The smallest absolute Gasteiger partial charge is 0.0297 e. The molecule has 1 aromatic heterocycles.